The summed E-state index contributed by atoms with van der Waals surface area (Å²) in [6.45, 7) is 3.79. The molecule has 0 aliphatic carbocycles. The predicted octanol–water partition coefficient (Wildman–Crippen LogP) is -0.600. The molecule has 2 aliphatic rings. The molecule has 2 saturated heterocycles. The average Bonchev–Trinajstić information content (AvgIpc) is 2.54. The van der Waals surface area contributed by atoms with Crippen molar-refractivity contribution in [1.29, 1.82) is 5.26 Å². The van der Waals surface area contributed by atoms with Crippen molar-refractivity contribution in [2.45, 2.75) is 6.42 Å². The van der Waals surface area contributed by atoms with Crippen LogP contribution >= 0.6 is 0 Å². The summed E-state index contributed by atoms with van der Waals surface area (Å²) in [4.78, 5) is 28.9. The van der Waals surface area contributed by atoms with Gasteiger partial charge < -0.3 is 0 Å². The maximum absolute atomic E-state index is 12.1. The molecule has 7 nitrogen and oxygen atoms in total. The maximum atomic E-state index is 12.1. The zero-order valence-electron chi connectivity index (χ0n) is 12.9. The van der Waals surface area contributed by atoms with Crippen molar-refractivity contribution in [1.82, 2.24) is 14.7 Å². The van der Waals surface area contributed by atoms with Gasteiger partial charge in [0.25, 0.3) is 11.7 Å². The molecule has 0 N–H and O–H groups in total. The lowest BCUT2D eigenvalue weighted by molar-refractivity contribution is -0.545. The Hall–Kier alpha value is -2.38. The first-order valence-corrected chi connectivity index (χ1v) is 7.23. The Kier molecular flexibility index (Phi) is 4.79. The summed E-state index contributed by atoms with van der Waals surface area (Å²) in [6, 6.07) is 1.62. The smallest absolute Gasteiger partial charge is 0.295 e. The largest absolute Gasteiger partial charge is 0.417 e. The number of hydrogen-bond acceptors (Lipinski definition) is 4. The molecule has 3 amide bonds. The summed E-state index contributed by atoms with van der Waals surface area (Å²) in [7, 11) is 3.01. The Morgan fingerprint density at radius 3 is 2.45 bits per heavy atom. The van der Waals surface area contributed by atoms with Crippen LogP contribution in [0.15, 0.2) is 0 Å². The molecule has 0 aromatic carbocycles. The van der Waals surface area contributed by atoms with Crippen LogP contribution in [0.4, 0.5) is 4.79 Å². The molecular weight excluding hydrogens is 282 g/mol. The Morgan fingerprint density at radius 2 is 1.91 bits per heavy atom. The van der Waals surface area contributed by atoms with Crippen molar-refractivity contribution in [3.8, 4) is 18.4 Å². The van der Waals surface area contributed by atoms with Crippen molar-refractivity contribution < 1.29 is 14.2 Å². The van der Waals surface area contributed by atoms with Crippen molar-refractivity contribution in [3.63, 3.8) is 0 Å². The number of carbonyl (C=O) groups excluding carboxylic acids is 2. The molecule has 2 fully saturated rings. The van der Waals surface area contributed by atoms with Crippen molar-refractivity contribution in [2.75, 3.05) is 46.8 Å². The highest BCUT2D eigenvalue weighted by molar-refractivity contribution is 6.17. The normalized spacial score (nSPS) is 23.5. The minimum atomic E-state index is -0.926. The van der Waals surface area contributed by atoms with E-state index in [1.807, 2.05) is 10.6 Å². The molecule has 0 aromatic heterocycles. The van der Waals surface area contributed by atoms with Gasteiger partial charge >= 0.3 is 6.03 Å². The van der Waals surface area contributed by atoms with E-state index in [0.29, 0.717) is 25.3 Å². The highest BCUT2D eigenvalue weighted by Crippen LogP contribution is 2.16. The van der Waals surface area contributed by atoms with Gasteiger partial charge in [-0.05, 0) is 0 Å². The van der Waals surface area contributed by atoms with Gasteiger partial charge in [-0.2, -0.15) is 10.2 Å². The fraction of sp³-hybridized carbons (Fsp3) is 0.600. The van der Waals surface area contributed by atoms with Gasteiger partial charge in [0.1, 0.15) is 0 Å². The van der Waals surface area contributed by atoms with Crippen LogP contribution in [-0.2, 0) is 4.79 Å². The number of amidine groups is 1. The second-order valence-corrected chi connectivity index (χ2v) is 5.44. The number of imide groups is 1. The van der Waals surface area contributed by atoms with E-state index in [1.165, 1.54) is 11.9 Å². The van der Waals surface area contributed by atoms with Crippen LogP contribution in [0.1, 0.15) is 6.42 Å². The highest BCUT2D eigenvalue weighted by atomic mass is 16.2. The molecule has 1 atom stereocenters. The number of piperazine rings is 1. The third-order valence-electron chi connectivity index (χ3n) is 4.15. The van der Waals surface area contributed by atoms with Crippen LogP contribution < -0.4 is 0 Å². The number of amides is 3. The Bertz CT molecular complexity index is 588. The van der Waals surface area contributed by atoms with Crippen LogP contribution in [0.3, 0.4) is 0 Å². The van der Waals surface area contributed by atoms with E-state index >= 15 is 0 Å². The molecule has 0 spiro atoms. The van der Waals surface area contributed by atoms with Crippen LogP contribution in [0.5, 0.6) is 0 Å². The first kappa shape index (κ1) is 16.0. The minimum Gasteiger partial charge on any atom is -0.295 e. The molecule has 0 aromatic rings. The monoisotopic (exact) mass is 302 g/mol. The van der Waals surface area contributed by atoms with Gasteiger partial charge in [-0.1, -0.05) is 0 Å². The predicted molar refractivity (Wildman–Crippen MR) is 79.9 cm³/mol. The zero-order valence-corrected chi connectivity index (χ0v) is 12.9. The molecular formula is C15H20N5O2+. The number of urea groups is 1. The van der Waals surface area contributed by atoms with Gasteiger partial charge in [0.15, 0.2) is 0 Å². The summed E-state index contributed by atoms with van der Waals surface area (Å²) in [5.41, 5.74) is 0. The molecule has 7 heteroatoms. The fourth-order valence-corrected chi connectivity index (χ4v) is 2.85. The minimum absolute atomic E-state index is 0.402. The zero-order chi connectivity index (χ0) is 16.3. The number of nitrogens with zero attached hydrogens (tertiary/aromatic N) is 5. The van der Waals surface area contributed by atoms with Crippen molar-refractivity contribution >= 4 is 17.8 Å². The SMILES string of the molecule is C#CCCN1CC[N+](=C2C(C#N)C(=O)N(C)C(=O)N2C)CC1. The van der Waals surface area contributed by atoms with Gasteiger partial charge in [0.05, 0.1) is 26.2 Å². The Labute approximate surface area is 130 Å². The van der Waals surface area contributed by atoms with Gasteiger partial charge in [-0.25, -0.2) is 9.69 Å². The molecule has 1 unspecified atom stereocenters. The Morgan fingerprint density at radius 1 is 1.27 bits per heavy atom. The third kappa shape index (κ3) is 2.81. The summed E-state index contributed by atoms with van der Waals surface area (Å²) < 4.78 is 1.96. The van der Waals surface area contributed by atoms with Gasteiger partial charge in [-0.15, -0.1) is 12.3 Å². The van der Waals surface area contributed by atoms with E-state index in [9.17, 15) is 14.9 Å². The fourth-order valence-electron chi connectivity index (χ4n) is 2.85. The summed E-state index contributed by atoms with van der Waals surface area (Å²) >= 11 is 0. The van der Waals surface area contributed by atoms with E-state index in [1.54, 1.807) is 7.05 Å². The Balaban J connectivity index is 2.22. The van der Waals surface area contributed by atoms with Crippen LogP contribution in [-0.4, -0.2) is 83.9 Å². The molecule has 0 bridgehead atoms. The van der Waals surface area contributed by atoms with Gasteiger partial charge in [0.2, 0.25) is 5.92 Å². The van der Waals surface area contributed by atoms with E-state index in [2.05, 4.69) is 10.8 Å². The topological polar surface area (TPSA) is 70.7 Å². The number of rotatable bonds is 2. The van der Waals surface area contributed by atoms with Gasteiger partial charge in [0, 0.05) is 33.1 Å². The molecule has 116 valence electrons. The molecule has 22 heavy (non-hydrogen) atoms. The summed E-state index contributed by atoms with van der Waals surface area (Å²) in [6.07, 6.45) is 5.98. The lowest BCUT2D eigenvalue weighted by Crippen LogP contribution is -2.60. The van der Waals surface area contributed by atoms with E-state index in [4.69, 9.17) is 6.42 Å². The van der Waals surface area contributed by atoms with Crippen molar-refractivity contribution in [3.05, 3.63) is 0 Å². The lowest BCUT2D eigenvalue weighted by atomic mass is 10.0. The third-order valence-corrected chi connectivity index (χ3v) is 4.15. The number of terminal acetylenes is 1. The van der Waals surface area contributed by atoms with Gasteiger partial charge in [-0.3, -0.25) is 14.3 Å². The van der Waals surface area contributed by atoms with Crippen molar-refractivity contribution in [2.24, 2.45) is 5.92 Å². The maximum Gasteiger partial charge on any atom is 0.417 e. The van der Waals surface area contributed by atoms with E-state index in [-0.39, 0.29) is 0 Å². The molecule has 2 aliphatic heterocycles. The highest BCUT2D eigenvalue weighted by Gasteiger charge is 2.48. The van der Waals surface area contributed by atoms with E-state index in [0.717, 1.165) is 24.5 Å². The van der Waals surface area contributed by atoms with Crippen LogP contribution in [0.2, 0.25) is 0 Å². The number of hydrogen-bond donors (Lipinski definition) is 0. The molecule has 0 saturated carbocycles. The van der Waals surface area contributed by atoms with Crippen LogP contribution in [0, 0.1) is 29.6 Å². The lowest BCUT2D eigenvalue weighted by Gasteiger charge is -2.32. The van der Waals surface area contributed by atoms with Crippen LogP contribution in [0.25, 0.3) is 0 Å². The van der Waals surface area contributed by atoms with E-state index < -0.39 is 17.9 Å². The summed E-state index contributed by atoms with van der Waals surface area (Å²) in [5.74, 6) is 1.73. The first-order chi connectivity index (χ1) is 10.5. The molecule has 2 rings (SSSR count). The quantitative estimate of drug-likeness (QED) is 0.504. The number of carbonyl (C=O) groups is 2. The second kappa shape index (κ2) is 6.59. The number of nitriles is 1. The molecule has 0 radical (unpaired) electrons. The average molecular weight is 302 g/mol. The second-order valence-electron chi connectivity index (χ2n) is 5.44. The molecule has 2 heterocycles. The summed E-state index contributed by atoms with van der Waals surface area (Å²) in [5, 5.41) is 9.34. The first-order valence-electron chi connectivity index (χ1n) is 7.23. The standard InChI is InChI=1S/C15H20N5O2/c1-4-5-6-19-7-9-20(10-8-19)13-12(11-16)14(21)18(3)15(22)17(13)2/h1,12H,5-10H2,2-3H3/q+1.